The first-order chi connectivity index (χ1) is 6.61. The molecule has 6 heteroatoms. The fourth-order valence-electron chi connectivity index (χ4n) is 0.666. The summed E-state index contributed by atoms with van der Waals surface area (Å²) >= 11 is 0. The number of aryl methyl sites for hydroxylation is 1. The van der Waals surface area contributed by atoms with Gasteiger partial charge in [-0.1, -0.05) is 0 Å². The highest BCUT2D eigenvalue weighted by atomic mass is 16.6. The fourth-order valence-corrected chi connectivity index (χ4v) is 0.666. The third-order valence-electron chi connectivity index (χ3n) is 1.26. The van der Waals surface area contributed by atoms with Crippen LogP contribution in [0.3, 0.4) is 0 Å². The van der Waals surface area contributed by atoms with E-state index in [-0.39, 0.29) is 5.69 Å². The van der Waals surface area contributed by atoms with Crippen LogP contribution in [0.25, 0.3) is 0 Å². The van der Waals surface area contributed by atoms with Crippen molar-refractivity contribution in [3.63, 3.8) is 0 Å². The molecular formula is C8H12N2O4. The van der Waals surface area contributed by atoms with Crippen LogP contribution >= 0.6 is 0 Å². The van der Waals surface area contributed by atoms with Crippen LogP contribution in [-0.2, 0) is 9.53 Å². The van der Waals surface area contributed by atoms with E-state index in [4.69, 9.17) is 0 Å². The zero-order chi connectivity index (χ0) is 11.0. The minimum absolute atomic E-state index is 0.118. The van der Waals surface area contributed by atoms with Crippen LogP contribution in [0.5, 0.6) is 0 Å². The molecule has 0 aromatic carbocycles. The van der Waals surface area contributed by atoms with Gasteiger partial charge >= 0.3 is 0 Å². The van der Waals surface area contributed by atoms with Crippen molar-refractivity contribution in [2.24, 2.45) is 0 Å². The number of carbonyl (C=O) groups excluding carboxylic acids is 1. The topological polar surface area (TPSA) is 85.2 Å². The van der Waals surface area contributed by atoms with Gasteiger partial charge < -0.3 is 9.72 Å². The summed E-state index contributed by atoms with van der Waals surface area (Å²) < 4.78 is 4.15. The number of nitrogens with one attached hydrogen (secondary N) is 1. The van der Waals surface area contributed by atoms with Crippen molar-refractivity contribution in [3.05, 3.63) is 28.1 Å². The van der Waals surface area contributed by atoms with Crippen LogP contribution in [0.1, 0.15) is 12.6 Å². The molecule has 6 nitrogen and oxygen atoms in total. The number of hydrogen-bond acceptors (Lipinski definition) is 4. The summed E-state index contributed by atoms with van der Waals surface area (Å²) in [5, 5.41) is 10.00. The highest BCUT2D eigenvalue weighted by Gasteiger charge is 2.04. The minimum atomic E-state index is -0.427. The molecule has 1 aromatic rings. The second-order valence-electron chi connectivity index (χ2n) is 2.35. The third kappa shape index (κ3) is 4.91. The quantitative estimate of drug-likeness (QED) is 0.454. The van der Waals surface area contributed by atoms with Crippen molar-refractivity contribution in [2.75, 3.05) is 6.61 Å². The first-order valence-electron chi connectivity index (χ1n) is 3.96. The molecule has 0 spiro atoms. The van der Waals surface area contributed by atoms with Gasteiger partial charge in [0.15, 0.2) is 0 Å². The highest BCUT2D eigenvalue weighted by molar-refractivity contribution is 5.36. The summed E-state index contributed by atoms with van der Waals surface area (Å²) in [6.07, 6.45) is 1.37. The Morgan fingerprint density at radius 2 is 2.36 bits per heavy atom. The summed E-state index contributed by atoms with van der Waals surface area (Å²) in [6.45, 7) is 4.44. The van der Waals surface area contributed by atoms with E-state index in [1.54, 1.807) is 13.8 Å². The van der Waals surface area contributed by atoms with E-state index in [0.29, 0.717) is 13.1 Å². The van der Waals surface area contributed by atoms with Gasteiger partial charge in [0.25, 0.3) is 12.2 Å². The van der Waals surface area contributed by atoms with E-state index >= 15 is 0 Å². The number of hydrogen-bond donors (Lipinski definition) is 1. The average Bonchev–Trinajstić information content (AvgIpc) is 2.54. The molecule has 1 heterocycles. The lowest BCUT2D eigenvalue weighted by Gasteiger charge is -1.79. The average molecular weight is 200 g/mol. The maximum Gasteiger partial charge on any atom is 0.293 e. The molecule has 1 rings (SSSR count). The number of ether oxygens (including phenoxy) is 1. The second-order valence-corrected chi connectivity index (χ2v) is 2.35. The maximum atomic E-state index is 10.00. The summed E-state index contributed by atoms with van der Waals surface area (Å²) in [6, 6.07) is 1.49. The van der Waals surface area contributed by atoms with Gasteiger partial charge in [-0.05, 0) is 13.8 Å². The zero-order valence-electron chi connectivity index (χ0n) is 8.02. The van der Waals surface area contributed by atoms with E-state index < -0.39 is 4.92 Å². The molecule has 0 aliphatic heterocycles. The summed E-state index contributed by atoms with van der Waals surface area (Å²) in [5.41, 5.74) is 0.925. The molecule has 1 aromatic heterocycles. The predicted octanol–water partition coefficient (Wildman–Crippen LogP) is 1.41. The Hall–Kier alpha value is -1.85. The Morgan fingerprint density at radius 1 is 1.71 bits per heavy atom. The number of carbonyl (C=O) groups is 1. The molecule has 1 N–H and O–H groups in total. The Morgan fingerprint density at radius 3 is 2.50 bits per heavy atom. The molecule has 0 bridgehead atoms. The summed E-state index contributed by atoms with van der Waals surface area (Å²) in [4.78, 5) is 21.5. The number of nitro groups is 1. The van der Waals surface area contributed by atoms with Gasteiger partial charge in [0.1, 0.15) is 0 Å². The van der Waals surface area contributed by atoms with Crippen LogP contribution in [0.4, 0.5) is 5.69 Å². The normalized spacial score (nSPS) is 8.43. The molecule has 14 heavy (non-hydrogen) atoms. The predicted molar refractivity (Wildman–Crippen MR) is 49.9 cm³/mol. The van der Waals surface area contributed by atoms with Gasteiger partial charge in [-0.15, -0.1) is 0 Å². The van der Waals surface area contributed by atoms with Crippen molar-refractivity contribution in [2.45, 2.75) is 13.8 Å². The Balaban J connectivity index is 0.000000292. The van der Waals surface area contributed by atoms with E-state index in [2.05, 4.69) is 9.72 Å². The summed E-state index contributed by atoms with van der Waals surface area (Å²) in [7, 11) is 0. The molecule has 78 valence electrons. The van der Waals surface area contributed by atoms with E-state index in [1.165, 1.54) is 12.3 Å². The van der Waals surface area contributed by atoms with Gasteiger partial charge in [-0.25, -0.2) is 0 Å². The maximum absolute atomic E-state index is 10.00. The van der Waals surface area contributed by atoms with Gasteiger partial charge in [-0.2, -0.15) is 0 Å². The number of H-pyrrole nitrogens is 1. The van der Waals surface area contributed by atoms with Crippen molar-refractivity contribution in [1.29, 1.82) is 0 Å². The molecule has 0 aliphatic carbocycles. The lowest BCUT2D eigenvalue weighted by Crippen LogP contribution is -1.82. The van der Waals surface area contributed by atoms with Crippen LogP contribution < -0.4 is 0 Å². The molecule has 0 unspecified atom stereocenters. The lowest BCUT2D eigenvalue weighted by atomic mass is 10.4. The first kappa shape index (κ1) is 12.2. The second kappa shape index (κ2) is 6.64. The number of rotatable bonds is 3. The van der Waals surface area contributed by atoms with Crippen LogP contribution in [-0.4, -0.2) is 23.0 Å². The van der Waals surface area contributed by atoms with Gasteiger partial charge in [0.2, 0.25) is 0 Å². The monoisotopic (exact) mass is 200 g/mol. The van der Waals surface area contributed by atoms with Gasteiger partial charge in [-0.3, -0.25) is 14.9 Å². The van der Waals surface area contributed by atoms with Crippen LogP contribution in [0, 0.1) is 17.0 Å². The number of nitrogens with zero attached hydrogens (tertiary/aromatic N) is 1. The molecular weight excluding hydrogens is 188 g/mol. The van der Waals surface area contributed by atoms with Crippen LogP contribution in [0.15, 0.2) is 12.3 Å². The van der Waals surface area contributed by atoms with E-state index in [0.717, 1.165) is 5.69 Å². The molecule has 0 saturated heterocycles. The van der Waals surface area contributed by atoms with Crippen LogP contribution in [0.2, 0.25) is 0 Å². The first-order valence-corrected chi connectivity index (χ1v) is 3.96. The highest BCUT2D eigenvalue weighted by Crippen LogP contribution is 2.09. The third-order valence-corrected chi connectivity index (χ3v) is 1.26. The largest absolute Gasteiger partial charge is 0.468 e. The zero-order valence-corrected chi connectivity index (χ0v) is 8.02. The summed E-state index contributed by atoms with van der Waals surface area (Å²) in [5.74, 6) is 0. The smallest absolute Gasteiger partial charge is 0.293 e. The van der Waals surface area contributed by atoms with Gasteiger partial charge in [0.05, 0.1) is 17.7 Å². The van der Waals surface area contributed by atoms with Crippen molar-refractivity contribution in [1.82, 2.24) is 4.98 Å². The SMILES string of the molecule is CCOC=O.Cc1cc([N+](=O)[O-])c[nH]1. The van der Waals surface area contributed by atoms with Crippen molar-refractivity contribution in [3.8, 4) is 0 Å². The molecule has 0 fully saturated rings. The Bertz CT molecular complexity index is 295. The fraction of sp³-hybridized carbons (Fsp3) is 0.375. The van der Waals surface area contributed by atoms with E-state index in [1.807, 2.05) is 0 Å². The van der Waals surface area contributed by atoms with Crippen molar-refractivity contribution >= 4 is 12.2 Å². The van der Waals surface area contributed by atoms with Crippen molar-refractivity contribution < 1.29 is 14.5 Å². The molecule has 0 atom stereocenters. The Labute approximate surface area is 81.0 Å². The van der Waals surface area contributed by atoms with E-state index in [9.17, 15) is 14.9 Å². The Kier molecular flexibility index (Phi) is 5.77. The molecule has 0 radical (unpaired) electrons. The van der Waals surface area contributed by atoms with Gasteiger partial charge in [0, 0.05) is 11.8 Å². The number of aromatic amines is 1. The lowest BCUT2D eigenvalue weighted by molar-refractivity contribution is -0.384. The molecule has 0 saturated carbocycles. The molecule has 0 aliphatic rings. The number of aromatic nitrogens is 1. The standard InChI is InChI=1S/C5H6N2O2.C3H6O2/c1-4-2-5(3-6-4)7(8)9;1-2-5-3-4/h2-3,6H,1H3;3H,2H2,1H3. The minimum Gasteiger partial charge on any atom is -0.468 e. The molecule has 0 amide bonds.